The van der Waals surface area contributed by atoms with Gasteiger partial charge in [-0.2, -0.15) is 5.26 Å². The molecule has 1 aromatic carbocycles. The van der Waals surface area contributed by atoms with Gasteiger partial charge in [0.2, 0.25) is 5.91 Å². The van der Waals surface area contributed by atoms with Crippen molar-refractivity contribution in [1.82, 2.24) is 9.80 Å². The van der Waals surface area contributed by atoms with Crippen LogP contribution in [-0.2, 0) is 14.3 Å². The Hall–Kier alpha value is -2.63. The van der Waals surface area contributed by atoms with Crippen LogP contribution in [0.25, 0.3) is 0 Å². The molecule has 2 aliphatic heterocycles. The van der Waals surface area contributed by atoms with E-state index in [0.29, 0.717) is 55.8 Å². The summed E-state index contributed by atoms with van der Waals surface area (Å²) in [6, 6.07) is 6.96. The number of nitriles is 1. The summed E-state index contributed by atoms with van der Waals surface area (Å²) in [5.74, 6) is 0.252. The number of carbonyl (C=O) groups excluding carboxylic acids is 2. The van der Waals surface area contributed by atoms with Gasteiger partial charge in [0.15, 0.2) is 0 Å². The Balaban J connectivity index is 1.82. The largest absolute Gasteiger partial charge is 0.493 e. The number of benzene rings is 1. The molecule has 2 amide bonds. The Labute approximate surface area is 183 Å². The molecule has 31 heavy (non-hydrogen) atoms. The average Bonchev–Trinajstić information content (AvgIpc) is 2.78. The van der Waals surface area contributed by atoms with Gasteiger partial charge in [0.05, 0.1) is 36.0 Å². The molecule has 2 bridgehead atoms. The first-order chi connectivity index (χ1) is 14.9. The van der Waals surface area contributed by atoms with E-state index in [4.69, 9.17) is 14.2 Å². The van der Waals surface area contributed by atoms with Gasteiger partial charge in [-0.05, 0) is 37.5 Å². The second-order valence-corrected chi connectivity index (χ2v) is 8.21. The molecule has 1 aromatic rings. The highest BCUT2D eigenvalue weighted by molar-refractivity contribution is 5.97. The maximum atomic E-state index is 13.0. The molecular weight excluding hydrogens is 398 g/mol. The van der Waals surface area contributed by atoms with E-state index in [0.717, 1.165) is 12.8 Å². The van der Waals surface area contributed by atoms with Crippen molar-refractivity contribution in [1.29, 1.82) is 5.26 Å². The smallest absolute Gasteiger partial charge is 0.257 e. The zero-order valence-electron chi connectivity index (χ0n) is 18.5. The first kappa shape index (κ1) is 23.0. The maximum absolute atomic E-state index is 13.0. The van der Waals surface area contributed by atoms with E-state index in [1.807, 2.05) is 0 Å². The van der Waals surface area contributed by atoms with E-state index in [1.54, 1.807) is 49.2 Å². The zero-order valence-corrected chi connectivity index (χ0v) is 18.5. The fourth-order valence-electron chi connectivity index (χ4n) is 4.11. The normalized spacial score (nSPS) is 26.1. The predicted molar refractivity (Wildman–Crippen MR) is 114 cm³/mol. The highest BCUT2D eigenvalue weighted by Crippen LogP contribution is 2.26. The number of carbonyl (C=O) groups is 2. The molecule has 0 N–H and O–H groups in total. The number of hydrogen-bond donors (Lipinski definition) is 0. The minimum absolute atomic E-state index is 0.00647. The fourth-order valence-corrected chi connectivity index (χ4v) is 4.11. The summed E-state index contributed by atoms with van der Waals surface area (Å²) < 4.78 is 17.8. The van der Waals surface area contributed by atoms with Crippen molar-refractivity contribution in [2.24, 2.45) is 0 Å². The van der Waals surface area contributed by atoms with Gasteiger partial charge in [0.1, 0.15) is 11.9 Å². The Morgan fingerprint density at radius 2 is 1.97 bits per heavy atom. The molecule has 1 saturated heterocycles. The topological polar surface area (TPSA) is 92.1 Å². The van der Waals surface area contributed by atoms with Gasteiger partial charge < -0.3 is 24.0 Å². The quantitative estimate of drug-likeness (QED) is 0.680. The molecule has 8 nitrogen and oxygen atoms in total. The van der Waals surface area contributed by atoms with Crippen LogP contribution in [0.1, 0.15) is 48.0 Å². The van der Waals surface area contributed by atoms with Crippen LogP contribution in [0.5, 0.6) is 5.75 Å². The Bertz CT molecular complexity index is 837. The second-order valence-electron chi connectivity index (χ2n) is 8.21. The summed E-state index contributed by atoms with van der Waals surface area (Å²) in [4.78, 5) is 28.9. The number of fused-ring (bicyclic) bond motifs is 3. The lowest BCUT2D eigenvalue weighted by Crippen LogP contribution is -2.47. The van der Waals surface area contributed by atoms with Crippen LogP contribution >= 0.6 is 0 Å². The van der Waals surface area contributed by atoms with Crippen LogP contribution in [0.15, 0.2) is 18.2 Å². The van der Waals surface area contributed by atoms with Gasteiger partial charge in [-0.1, -0.05) is 0 Å². The molecule has 0 spiro atoms. The molecule has 0 aliphatic carbocycles. The van der Waals surface area contributed by atoms with Crippen molar-refractivity contribution in [2.45, 2.75) is 50.4 Å². The van der Waals surface area contributed by atoms with Crippen molar-refractivity contribution in [3.8, 4) is 11.8 Å². The van der Waals surface area contributed by atoms with Gasteiger partial charge in [-0.15, -0.1) is 0 Å². The molecule has 0 unspecified atom stereocenters. The van der Waals surface area contributed by atoms with Crippen LogP contribution in [0.3, 0.4) is 0 Å². The van der Waals surface area contributed by atoms with Gasteiger partial charge in [-0.25, -0.2) is 0 Å². The van der Waals surface area contributed by atoms with E-state index in [9.17, 15) is 14.9 Å². The van der Waals surface area contributed by atoms with Gasteiger partial charge in [0, 0.05) is 47.1 Å². The third-order valence-corrected chi connectivity index (χ3v) is 6.00. The molecule has 168 valence electrons. The van der Waals surface area contributed by atoms with Crippen molar-refractivity contribution in [3.63, 3.8) is 0 Å². The van der Waals surface area contributed by atoms with Crippen LogP contribution in [0.4, 0.5) is 0 Å². The molecule has 1 fully saturated rings. The van der Waals surface area contributed by atoms with Crippen molar-refractivity contribution < 1.29 is 23.8 Å². The van der Waals surface area contributed by atoms with Crippen molar-refractivity contribution >= 4 is 11.8 Å². The molecular formula is C23H31N3O5. The monoisotopic (exact) mass is 429 g/mol. The molecule has 0 saturated carbocycles. The van der Waals surface area contributed by atoms with Crippen LogP contribution in [0, 0.1) is 11.3 Å². The molecule has 2 heterocycles. The Morgan fingerprint density at radius 1 is 1.16 bits per heavy atom. The number of hydrogen-bond acceptors (Lipinski definition) is 6. The molecule has 0 aromatic heterocycles. The summed E-state index contributed by atoms with van der Waals surface area (Å²) in [5, 5.41) is 9.24. The number of rotatable bonds is 1. The highest BCUT2D eigenvalue weighted by atomic mass is 16.5. The molecule has 3 rings (SSSR count). The molecule has 8 heteroatoms. The number of amides is 2. The van der Waals surface area contributed by atoms with Crippen LogP contribution in [0.2, 0.25) is 0 Å². The van der Waals surface area contributed by atoms with Crippen molar-refractivity contribution in [3.05, 3.63) is 29.3 Å². The summed E-state index contributed by atoms with van der Waals surface area (Å²) in [7, 11) is 5.16. The van der Waals surface area contributed by atoms with E-state index in [1.165, 1.54) is 0 Å². The summed E-state index contributed by atoms with van der Waals surface area (Å²) in [6.07, 6.45) is 3.02. The molecule has 0 radical (unpaired) electrons. The minimum Gasteiger partial charge on any atom is -0.493 e. The lowest BCUT2D eigenvalue weighted by Gasteiger charge is -2.37. The minimum atomic E-state index is -0.225. The van der Waals surface area contributed by atoms with Gasteiger partial charge in [0.25, 0.3) is 5.91 Å². The standard InChI is InChI=1S/C23H31N3O5/c1-25-11-4-5-22(27)26(2)15-21-20(29-3)9-7-17(31-21)10-12-30-19-8-6-16(14-24)13-18(19)23(25)28/h6,8,13,17,20-21H,4-5,7,9-12,15H2,1-3H3/t17-,20-,21+/m0/s1. The third-order valence-electron chi connectivity index (χ3n) is 6.00. The summed E-state index contributed by atoms with van der Waals surface area (Å²) in [6.45, 7) is 1.29. The van der Waals surface area contributed by atoms with Crippen LogP contribution in [-0.4, -0.2) is 80.8 Å². The first-order valence-electron chi connectivity index (χ1n) is 10.8. The summed E-state index contributed by atoms with van der Waals surface area (Å²) >= 11 is 0. The van der Waals surface area contributed by atoms with Gasteiger partial charge >= 0.3 is 0 Å². The highest BCUT2D eigenvalue weighted by Gasteiger charge is 2.33. The SMILES string of the molecule is CO[C@H]1CC[C@H]2CCOc3ccc(C#N)cc3C(=O)N(C)CCCC(=O)N(C)C[C@H]1O2. The van der Waals surface area contributed by atoms with E-state index < -0.39 is 0 Å². The predicted octanol–water partition coefficient (Wildman–Crippen LogP) is 2.21. The number of nitrogens with zero attached hydrogens (tertiary/aromatic N) is 3. The van der Waals surface area contributed by atoms with Crippen LogP contribution < -0.4 is 4.74 Å². The zero-order chi connectivity index (χ0) is 22.4. The first-order valence-corrected chi connectivity index (χ1v) is 10.8. The second kappa shape index (κ2) is 10.6. The van der Waals surface area contributed by atoms with E-state index in [-0.39, 0.29) is 30.1 Å². The summed E-state index contributed by atoms with van der Waals surface area (Å²) in [5.41, 5.74) is 0.762. The van der Waals surface area contributed by atoms with Gasteiger partial charge in [-0.3, -0.25) is 9.59 Å². The molecule has 3 atom stereocenters. The van der Waals surface area contributed by atoms with E-state index in [2.05, 4.69) is 6.07 Å². The molecule has 2 aliphatic rings. The Morgan fingerprint density at radius 3 is 2.71 bits per heavy atom. The Kier molecular flexibility index (Phi) is 7.88. The maximum Gasteiger partial charge on any atom is 0.257 e. The fraction of sp³-hybridized carbons (Fsp3) is 0.609. The van der Waals surface area contributed by atoms with E-state index >= 15 is 0 Å². The number of likely N-dealkylation sites (N-methyl/N-ethyl adjacent to an activating group) is 1. The van der Waals surface area contributed by atoms with Crippen molar-refractivity contribution in [2.75, 3.05) is 40.9 Å². The lowest BCUT2D eigenvalue weighted by molar-refractivity contribution is -0.150. The average molecular weight is 430 g/mol. The number of ether oxygens (including phenoxy) is 3. The lowest BCUT2D eigenvalue weighted by atomic mass is 9.98. The third kappa shape index (κ3) is 5.75. The number of methoxy groups -OCH3 is 1.